The van der Waals surface area contributed by atoms with Gasteiger partial charge in [0, 0.05) is 5.56 Å². The zero-order valence-electron chi connectivity index (χ0n) is 17.3. The highest BCUT2D eigenvalue weighted by Crippen LogP contribution is 2.26. The first-order chi connectivity index (χ1) is 15.1. The molecule has 0 aliphatic heterocycles. The van der Waals surface area contributed by atoms with Gasteiger partial charge < -0.3 is 4.74 Å². The molecule has 0 bridgehead atoms. The molecule has 0 saturated carbocycles. The van der Waals surface area contributed by atoms with Crippen molar-refractivity contribution in [3.05, 3.63) is 93.7 Å². The van der Waals surface area contributed by atoms with E-state index in [0.717, 1.165) is 17.5 Å². The first kappa shape index (κ1) is 20.8. The smallest absolute Gasteiger partial charge is 0.282 e. The van der Waals surface area contributed by atoms with E-state index in [9.17, 15) is 4.79 Å². The molecule has 4 aromatic rings. The number of hydrogen-bond acceptors (Lipinski definition) is 4. The largest absolute Gasteiger partial charge is 0.489 e. The quantitative estimate of drug-likeness (QED) is 0.364. The Balaban J connectivity index is 1.77. The summed E-state index contributed by atoms with van der Waals surface area (Å²) < 4.78 is 7.14. The molecule has 0 unspecified atom stereocenters. The minimum atomic E-state index is -0.233. The van der Waals surface area contributed by atoms with Gasteiger partial charge >= 0.3 is 0 Å². The molecule has 0 saturated heterocycles. The number of nitrogens with zero attached hydrogens (tertiary/aromatic N) is 3. The van der Waals surface area contributed by atoms with Crippen LogP contribution in [-0.2, 0) is 0 Å². The van der Waals surface area contributed by atoms with Crippen LogP contribution in [0.4, 0.5) is 0 Å². The lowest BCUT2D eigenvalue weighted by atomic mass is 10.2. The van der Waals surface area contributed by atoms with Crippen molar-refractivity contribution in [2.45, 2.75) is 26.4 Å². The van der Waals surface area contributed by atoms with E-state index < -0.39 is 0 Å². The summed E-state index contributed by atoms with van der Waals surface area (Å²) in [6, 6.07) is 22.2. The molecule has 6 heteroatoms. The van der Waals surface area contributed by atoms with Crippen molar-refractivity contribution >= 4 is 28.7 Å². The maximum Gasteiger partial charge on any atom is 0.282 e. The Morgan fingerprint density at radius 1 is 1.10 bits per heavy atom. The highest BCUT2D eigenvalue weighted by atomic mass is 35.5. The van der Waals surface area contributed by atoms with Crippen LogP contribution in [0.5, 0.6) is 5.75 Å². The molecular weight excluding hydrogens is 410 g/mol. The highest BCUT2D eigenvalue weighted by molar-refractivity contribution is 6.32. The lowest BCUT2D eigenvalue weighted by Crippen LogP contribution is -2.20. The Labute approximate surface area is 185 Å². The van der Waals surface area contributed by atoms with Crippen LogP contribution in [0.25, 0.3) is 22.3 Å². The molecule has 0 fully saturated rings. The predicted molar refractivity (Wildman–Crippen MR) is 126 cm³/mol. The number of fused-ring (bicyclic) bond motifs is 1. The lowest BCUT2D eigenvalue weighted by Gasteiger charge is -2.14. The summed E-state index contributed by atoms with van der Waals surface area (Å²) in [4.78, 5) is 17.9. The average molecular weight is 432 g/mol. The lowest BCUT2D eigenvalue weighted by molar-refractivity contribution is 0.217. The second-order valence-corrected chi connectivity index (χ2v) is 7.61. The van der Waals surface area contributed by atoms with E-state index in [1.165, 1.54) is 4.68 Å². The Morgan fingerprint density at radius 3 is 2.58 bits per heavy atom. The average Bonchev–Trinajstić information content (AvgIpc) is 2.80. The Hall–Kier alpha value is -3.44. The molecule has 1 heterocycles. The van der Waals surface area contributed by atoms with Gasteiger partial charge in [-0.05, 0) is 49.2 Å². The van der Waals surface area contributed by atoms with Crippen molar-refractivity contribution in [3.63, 3.8) is 0 Å². The summed E-state index contributed by atoms with van der Waals surface area (Å²) >= 11 is 6.38. The van der Waals surface area contributed by atoms with Crippen LogP contribution in [0.3, 0.4) is 0 Å². The minimum absolute atomic E-state index is 0.0766. The molecule has 0 radical (unpaired) electrons. The van der Waals surface area contributed by atoms with E-state index in [1.807, 2.05) is 67.6 Å². The standard InChI is InChI=1S/C25H22ClN3O2/c1-3-17(2)31-23-14-13-18(15-21(23)26)16-27-29-24(19-9-5-4-6-10-19)28-22-12-8-7-11-20(22)25(29)30/h4-17H,3H2,1-2H3/t17-/m0/s1. The molecule has 0 spiro atoms. The Bertz CT molecular complexity index is 1300. The highest BCUT2D eigenvalue weighted by Gasteiger charge is 2.12. The van der Waals surface area contributed by atoms with Gasteiger partial charge in [0.15, 0.2) is 5.82 Å². The van der Waals surface area contributed by atoms with Crippen LogP contribution in [0.1, 0.15) is 25.8 Å². The summed E-state index contributed by atoms with van der Waals surface area (Å²) in [6.45, 7) is 4.05. The van der Waals surface area contributed by atoms with Crippen LogP contribution < -0.4 is 10.3 Å². The topological polar surface area (TPSA) is 56.5 Å². The van der Waals surface area contributed by atoms with E-state index >= 15 is 0 Å². The second-order valence-electron chi connectivity index (χ2n) is 7.21. The maximum atomic E-state index is 13.2. The van der Waals surface area contributed by atoms with E-state index in [4.69, 9.17) is 21.3 Å². The fraction of sp³-hybridized carbons (Fsp3) is 0.160. The zero-order chi connectivity index (χ0) is 21.8. The fourth-order valence-corrected chi connectivity index (χ4v) is 3.36. The molecule has 0 aliphatic rings. The molecule has 1 atom stereocenters. The number of ether oxygens (including phenoxy) is 1. The van der Waals surface area contributed by atoms with Crippen molar-refractivity contribution in [2.24, 2.45) is 5.10 Å². The number of aromatic nitrogens is 2. The molecule has 4 rings (SSSR count). The number of para-hydroxylation sites is 1. The summed E-state index contributed by atoms with van der Waals surface area (Å²) in [6.07, 6.45) is 2.57. The summed E-state index contributed by atoms with van der Waals surface area (Å²) in [7, 11) is 0. The maximum absolute atomic E-state index is 13.2. The van der Waals surface area contributed by atoms with Gasteiger partial charge in [-0.2, -0.15) is 9.78 Å². The molecule has 5 nitrogen and oxygen atoms in total. The summed E-state index contributed by atoms with van der Waals surface area (Å²) in [5, 5.41) is 5.47. The summed E-state index contributed by atoms with van der Waals surface area (Å²) in [5.41, 5.74) is 1.95. The van der Waals surface area contributed by atoms with Crippen LogP contribution in [-0.4, -0.2) is 22.0 Å². The van der Waals surface area contributed by atoms with Gasteiger partial charge in [-0.1, -0.05) is 61.0 Å². The molecular formula is C25H22ClN3O2. The van der Waals surface area contributed by atoms with Crippen LogP contribution in [0.15, 0.2) is 82.7 Å². The molecule has 0 amide bonds. The van der Waals surface area contributed by atoms with Crippen molar-refractivity contribution in [1.29, 1.82) is 0 Å². The van der Waals surface area contributed by atoms with E-state index in [2.05, 4.69) is 12.0 Å². The second kappa shape index (κ2) is 9.14. The van der Waals surface area contributed by atoms with Gasteiger partial charge in [0.2, 0.25) is 0 Å². The monoisotopic (exact) mass is 431 g/mol. The van der Waals surface area contributed by atoms with Gasteiger partial charge in [-0.15, -0.1) is 0 Å². The third kappa shape index (κ3) is 4.52. The van der Waals surface area contributed by atoms with Gasteiger partial charge in [0.25, 0.3) is 5.56 Å². The number of rotatable bonds is 6. The minimum Gasteiger partial charge on any atom is -0.489 e. The van der Waals surface area contributed by atoms with Gasteiger partial charge in [0.05, 0.1) is 28.2 Å². The summed E-state index contributed by atoms with van der Waals surface area (Å²) in [5.74, 6) is 1.10. The van der Waals surface area contributed by atoms with E-state index in [0.29, 0.717) is 27.5 Å². The third-order valence-corrected chi connectivity index (χ3v) is 5.26. The number of benzene rings is 3. The molecule has 31 heavy (non-hydrogen) atoms. The Kier molecular flexibility index (Phi) is 6.14. The van der Waals surface area contributed by atoms with Gasteiger partial charge in [-0.3, -0.25) is 4.79 Å². The fourth-order valence-electron chi connectivity index (χ4n) is 3.12. The zero-order valence-corrected chi connectivity index (χ0v) is 18.1. The SMILES string of the molecule is CC[C@H](C)Oc1ccc(C=Nn2c(-c3ccccc3)nc3ccccc3c2=O)cc1Cl. The van der Waals surface area contributed by atoms with E-state index in [-0.39, 0.29) is 11.7 Å². The molecule has 3 aromatic carbocycles. The Morgan fingerprint density at radius 2 is 1.84 bits per heavy atom. The first-order valence-corrected chi connectivity index (χ1v) is 10.5. The number of hydrogen-bond donors (Lipinski definition) is 0. The van der Waals surface area contributed by atoms with Crippen molar-refractivity contribution in [3.8, 4) is 17.1 Å². The van der Waals surface area contributed by atoms with Crippen LogP contribution in [0.2, 0.25) is 5.02 Å². The number of halogens is 1. The van der Waals surface area contributed by atoms with Gasteiger partial charge in [0.1, 0.15) is 5.75 Å². The van der Waals surface area contributed by atoms with Crippen LogP contribution >= 0.6 is 11.6 Å². The molecule has 0 N–H and O–H groups in total. The molecule has 1 aromatic heterocycles. The van der Waals surface area contributed by atoms with Crippen molar-refractivity contribution in [1.82, 2.24) is 9.66 Å². The van der Waals surface area contributed by atoms with Crippen molar-refractivity contribution in [2.75, 3.05) is 0 Å². The molecule has 156 valence electrons. The normalized spacial score (nSPS) is 12.4. The van der Waals surface area contributed by atoms with Gasteiger partial charge in [-0.25, -0.2) is 4.98 Å². The van der Waals surface area contributed by atoms with E-state index in [1.54, 1.807) is 18.3 Å². The third-order valence-electron chi connectivity index (χ3n) is 4.97. The first-order valence-electron chi connectivity index (χ1n) is 10.1. The van der Waals surface area contributed by atoms with Crippen LogP contribution in [0, 0.1) is 0 Å². The van der Waals surface area contributed by atoms with Crippen molar-refractivity contribution < 1.29 is 4.74 Å². The predicted octanol–water partition coefficient (Wildman–Crippen LogP) is 5.78. The molecule has 0 aliphatic carbocycles.